The Balaban J connectivity index is 1.66. The number of aryl methyl sites for hydroxylation is 1. The molecule has 0 aliphatic heterocycles. The number of imidazole rings is 1. The van der Waals surface area contributed by atoms with Crippen molar-refractivity contribution in [2.24, 2.45) is 0 Å². The number of anilines is 1. The van der Waals surface area contributed by atoms with Crippen LogP contribution in [0.15, 0.2) is 73.6 Å². The van der Waals surface area contributed by atoms with E-state index in [4.69, 9.17) is 0 Å². The summed E-state index contributed by atoms with van der Waals surface area (Å²) in [6.45, 7) is 5.28. The zero-order valence-electron chi connectivity index (χ0n) is 19.0. The van der Waals surface area contributed by atoms with E-state index in [1.807, 2.05) is 12.1 Å². The summed E-state index contributed by atoms with van der Waals surface area (Å²) in [5.74, 6) is -0.400. The minimum atomic E-state index is -4.26. The molecule has 0 saturated heterocycles. The molecule has 2 aromatic carbocycles. The zero-order chi connectivity index (χ0) is 25.2. The van der Waals surface area contributed by atoms with Crippen LogP contribution in [-0.2, 0) is 0 Å². The Morgan fingerprint density at radius 1 is 1.20 bits per heavy atom. The van der Waals surface area contributed by atoms with Gasteiger partial charge in [-0.05, 0) is 35.7 Å². The third-order valence-electron chi connectivity index (χ3n) is 5.74. The highest BCUT2D eigenvalue weighted by atomic mass is 19.4. The number of fused-ring (bicyclic) bond motifs is 1. The summed E-state index contributed by atoms with van der Waals surface area (Å²) < 4.78 is 39.6. The van der Waals surface area contributed by atoms with Crippen molar-refractivity contribution in [1.82, 2.24) is 9.38 Å². The van der Waals surface area contributed by atoms with Crippen LogP contribution >= 0.6 is 0 Å². The van der Waals surface area contributed by atoms with E-state index in [0.717, 1.165) is 5.56 Å². The average Bonchev–Trinajstić information content (AvgIpc) is 3.27. The molecule has 1 atom stereocenters. The van der Waals surface area contributed by atoms with E-state index >= 15 is 0 Å². The molecule has 35 heavy (non-hydrogen) atoms. The number of carbonyl (C=O) groups is 1. The third-order valence-corrected chi connectivity index (χ3v) is 5.74. The number of hydrogen-bond acceptors (Lipinski definition) is 4. The summed E-state index contributed by atoms with van der Waals surface area (Å²) in [7, 11) is 0. The smallest absolute Gasteiger partial charge is 0.382 e. The molecule has 0 fully saturated rings. The second-order valence-electron chi connectivity index (χ2n) is 8.23. The van der Waals surface area contributed by atoms with Gasteiger partial charge in [-0.25, -0.2) is 4.98 Å². The largest absolute Gasteiger partial charge is 0.390 e. The number of nitrogens with one attached hydrogen (secondary N) is 1. The summed E-state index contributed by atoms with van der Waals surface area (Å²) in [6, 6.07) is 15.7. The van der Waals surface area contributed by atoms with Gasteiger partial charge in [0.1, 0.15) is 6.10 Å². The molecule has 0 bridgehead atoms. The van der Waals surface area contributed by atoms with Gasteiger partial charge in [-0.2, -0.15) is 13.2 Å². The SMILES string of the molecule is C=Cc1cc(NCCC(F)(F)F)c2ncc(-c3ccc(C(=O)C(O)c4ccccc4)c(C)c3)n2c1. The number of aliphatic hydroxyl groups excluding tert-OH is 1. The van der Waals surface area contributed by atoms with Crippen LogP contribution in [0.2, 0.25) is 0 Å². The van der Waals surface area contributed by atoms with Crippen molar-refractivity contribution in [2.75, 3.05) is 11.9 Å². The fraction of sp³-hybridized carbons (Fsp3) is 0.185. The molecular formula is C27H24F3N3O2. The van der Waals surface area contributed by atoms with Gasteiger partial charge in [0.05, 0.1) is 24.0 Å². The van der Waals surface area contributed by atoms with E-state index in [0.29, 0.717) is 39.3 Å². The first-order chi connectivity index (χ1) is 16.7. The van der Waals surface area contributed by atoms with Crippen molar-refractivity contribution in [3.8, 4) is 11.3 Å². The normalized spacial score (nSPS) is 12.5. The molecule has 2 N–H and O–H groups in total. The molecular weight excluding hydrogens is 455 g/mol. The molecule has 5 nitrogen and oxygen atoms in total. The van der Waals surface area contributed by atoms with Gasteiger partial charge in [-0.15, -0.1) is 0 Å². The predicted octanol–water partition coefficient (Wildman–Crippen LogP) is 6.23. The number of rotatable bonds is 8. The van der Waals surface area contributed by atoms with Crippen molar-refractivity contribution in [2.45, 2.75) is 25.6 Å². The number of aliphatic hydroxyl groups is 1. The number of pyridine rings is 1. The summed E-state index contributed by atoms with van der Waals surface area (Å²) >= 11 is 0. The van der Waals surface area contributed by atoms with Gasteiger partial charge >= 0.3 is 6.18 Å². The number of alkyl halides is 3. The highest BCUT2D eigenvalue weighted by molar-refractivity contribution is 6.01. The molecule has 0 amide bonds. The maximum atomic E-state index is 12.9. The standard InChI is InChI=1S/C27H24F3N3O2/c1-3-18-14-22(31-12-11-27(28,29)30)26-32-15-23(33(26)16-18)20-9-10-21(17(2)13-20)25(35)24(34)19-7-5-4-6-8-19/h3-10,13-16,24,31,34H,1,11-12H2,2H3. The Morgan fingerprint density at radius 3 is 2.60 bits per heavy atom. The molecule has 0 radical (unpaired) electrons. The summed E-state index contributed by atoms with van der Waals surface area (Å²) in [4.78, 5) is 17.3. The first-order valence-corrected chi connectivity index (χ1v) is 11.0. The average molecular weight is 480 g/mol. The van der Waals surface area contributed by atoms with Crippen molar-refractivity contribution in [1.29, 1.82) is 0 Å². The predicted molar refractivity (Wildman–Crippen MR) is 130 cm³/mol. The van der Waals surface area contributed by atoms with Gasteiger partial charge in [-0.3, -0.25) is 9.20 Å². The van der Waals surface area contributed by atoms with Crippen LogP contribution < -0.4 is 5.32 Å². The lowest BCUT2D eigenvalue weighted by molar-refractivity contribution is -0.131. The van der Waals surface area contributed by atoms with E-state index in [2.05, 4.69) is 16.9 Å². The molecule has 1 unspecified atom stereocenters. The van der Waals surface area contributed by atoms with Crippen LogP contribution in [0.1, 0.15) is 39.6 Å². The molecule has 0 aliphatic rings. The van der Waals surface area contributed by atoms with Gasteiger partial charge in [0.15, 0.2) is 11.4 Å². The zero-order valence-corrected chi connectivity index (χ0v) is 19.0. The lowest BCUT2D eigenvalue weighted by Gasteiger charge is -2.14. The monoisotopic (exact) mass is 479 g/mol. The molecule has 4 aromatic rings. The van der Waals surface area contributed by atoms with Gasteiger partial charge < -0.3 is 10.4 Å². The number of hydrogen-bond donors (Lipinski definition) is 2. The number of ketones is 1. The number of carbonyl (C=O) groups excluding carboxylic acids is 1. The molecule has 180 valence electrons. The number of Topliss-reactive ketones (excluding diaryl/α,β-unsaturated/α-hetero) is 1. The van der Waals surface area contributed by atoms with Crippen molar-refractivity contribution in [3.63, 3.8) is 0 Å². The van der Waals surface area contributed by atoms with Gasteiger partial charge in [0.25, 0.3) is 0 Å². The molecule has 0 aliphatic carbocycles. The van der Waals surface area contributed by atoms with Crippen LogP contribution in [-0.4, -0.2) is 33.0 Å². The first kappa shape index (κ1) is 24.2. The number of benzene rings is 2. The number of nitrogens with zero attached hydrogens (tertiary/aromatic N) is 2. The van der Waals surface area contributed by atoms with Crippen LogP contribution in [0.4, 0.5) is 18.9 Å². The molecule has 2 aromatic heterocycles. The van der Waals surface area contributed by atoms with Crippen molar-refractivity contribution < 1.29 is 23.1 Å². The number of halogens is 3. The third kappa shape index (κ3) is 5.27. The van der Waals surface area contributed by atoms with Crippen LogP contribution in [0, 0.1) is 6.92 Å². The Morgan fingerprint density at radius 2 is 1.94 bits per heavy atom. The van der Waals surface area contributed by atoms with E-state index in [1.54, 1.807) is 72.3 Å². The van der Waals surface area contributed by atoms with E-state index < -0.39 is 24.5 Å². The quantitative estimate of drug-likeness (QED) is 0.294. The summed E-state index contributed by atoms with van der Waals surface area (Å²) in [5, 5.41) is 13.3. The maximum Gasteiger partial charge on any atom is 0.390 e. The maximum absolute atomic E-state index is 12.9. The van der Waals surface area contributed by atoms with Crippen LogP contribution in [0.25, 0.3) is 23.0 Å². The molecule has 2 heterocycles. The Labute approximate surface area is 200 Å². The summed E-state index contributed by atoms with van der Waals surface area (Å²) in [6.07, 6.45) is -1.45. The molecule has 0 saturated carbocycles. The fourth-order valence-electron chi connectivity index (χ4n) is 3.94. The highest BCUT2D eigenvalue weighted by Gasteiger charge is 2.26. The van der Waals surface area contributed by atoms with Crippen LogP contribution in [0.3, 0.4) is 0 Å². The second kappa shape index (κ2) is 9.76. The topological polar surface area (TPSA) is 66.6 Å². The van der Waals surface area contributed by atoms with Gasteiger partial charge in [0, 0.05) is 23.9 Å². The van der Waals surface area contributed by atoms with Gasteiger partial charge in [-0.1, -0.05) is 55.1 Å². The number of aromatic nitrogens is 2. The lowest BCUT2D eigenvalue weighted by atomic mass is 9.95. The van der Waals surface area contributed by atoms with Gasteiger partial charge in [0.2, 0.25) is 0 Å². The fourth-order valence-corrected chi connectivity index (χ4v) is 3.94. The van der Waals surface area contributed by atoms with E-state index in [-0.39, 0.29) is 6.54 Å². The van der Waals surface area contributed by atoms with E-state index in [1.165, 1.54) is 0 Å². The molecule has 4 rings (SSSR count). The van der Waals surface area contributed by atoms with E-state index in [9.17, 15) is 23.1 Å². The van der Waals surface area contributed by atoms with Crippen molar-refractivity contribution in [3.05, 3.63) is 95.8 Å². The molecule has 8 heteroatoms. The lowest BCUT2D eigenvalue weighted by Crippen LogP contribution is -2.15. The minimum absolute atomic E-state index is 0.276. The van der Waals surface area contributed by atoms with Crippen LogP contribution in [0.5, 0.6) is 0 Å². The Bertz CT molecular complexity index is 1380. The van der Waals surface area contributed by atoms with Crippen molar-refractivity contribution >= 4 is 23.2 Å². The second-order valence-corrected chi connectivity index (χ2v) is 8.23. The summed E-state index contributed by atoms with van der Waals surface area (Å²) in [5.41, 5.74) is 4.72. The Kier molecular flexibility index (Phi) is 6.75. The molecule has 0 spiro atoms. The Hall–Kier alpha value is -3.91. The minimum Gasteiger partial charge on any atom is -0.382 e. The first-order valence-electron chi connectivity index (χ1n) is 11.0. The highest BCUT2D eigenvalue weighted by Crippen LogP contribution is 2.30.